The number of pyridine rings is 1. The Hall–Kier alpha value is -4.75. The highest BCUT2D eigenvalue weighted by molar-refractivity contribution is 5.92. The van der Waals surface area contributed by atoms with E-state index >= 15 is 0 Å². The molecule has 170 valence electrons. The normalized spacial score (nSPS) is 13.8. The van der Waals surface area contributed by atoms with Gasteiger partial charge in [-0.1, -0.05) is 6.07 Å². The summed E-state index contributed by atoms with van der Waals surface area (Å²) in [6, 6.07) is 13.0. The fraction of sp³-hybridized carbons (Fsp3) is 0.250. The number of nitrogens with one attached hydrogen (secondary N) is 3. The summed E-state index contributed by atoms with van der Waals surface area (Å²) in [5.41, 5.74) is 1.10. The molecule has 0 bridgehead atoms. The van der Waals surface area contributed by atoms with Crippen molar-refractivity contribution in [3.05, 3.63) is 54.1 Å². The number of H-pyrrole nitrogens is 2. The molecule has 14 heteroatoms. The summed E-state index contributed by atoms with van der Waals surface area (Å²) in [5.74, 6) is 1.37. The monoisotopic (exact) mass is 458 g/mol. The first-order chi connectivity index (χ1) is 16.6. The molecule has 1 saturated carbocycles. The van der Waals surface area contributed by atoms with Gasteiger partial charge in [0.15, 0.2) is 5.65 Å². The van der Waals surface area contributed by atoms with Crippen molar-refractivity contribution in [1.29, 1.82) is 0 Å². The van der Waals surface area contributed by atoms with E-state index in [0.717, 1.165) is 24.1 Å². The third-order valence-corrected chi connectivity index (χ3v) is 5.56. The Morgan fingerprint density at radius 2 is 1.76 bits per heavy atom. The number of hydrogen-bond acceptors (Lipinski definition) is 10. The molecule has 5 aromatic rings. The molecule has 0 saturated heterocycles. The van der Waals surface area contributed by atoms with Gasteiger partial charge in [0.1, 0.15) is 5.75 Å². The largest absolute Gasteiger partial charge is 0.471 e. The van der Waals surface area contributed by atoms with Crippen molar-refractivity contribution in [2.45, 2.75) is 25.4 Å². The van der Waals surface area contributed by atoms with E-state index in [-0.39, 0.29) is 23.5 Å². The lowest BCUT2D eigenvalue weighted by molar-refractivity contribution is -0.117. The zero-order valence-electron chi connectivity index (χ0n) is 17.9. The Bertz CT molecular complexity index is 1400. The lowest BCUT2D eigenvalue weighted by atomic mass is 10.1. The number of hydrogen-bond donors (Lipinski definition) is 3. The number of tetrazole rings is 2. The van der Waals surface area contributed by atoms with Crippen LogP contribution in [-0.4, -0.2) is 61.8 Å². The average Bonchev–Trinajstić information content (AvgIpc) is 3.26. The second-order valence-corrected chi connectivity index (χ2v) is 8.01. The molecule has 0 atom stereocenters. The van der Waals surface area contributed by atoms with Crippen LogP contribution in [0, 0.1) is 5.92 Å². The molecule has 1 fully saturated rings. The minimum absolute atomic E-state index is 0.0368. The van der Waals surface area contributed by atoms with Crippen LogP contribution < -0.4 is 10.1 Å². The zero-order chi connectivity index (χ0) is 23.1. The summed E-state index contributed by atoms with van der Waals surface area (Å²) >= 11 is 0. The minimum atomic E-state index is -1.22. The smallest absolute Gasteiger partial charge is 0.249 e. The Morgan fingerprint density at radius 3 is 2.38 bits per heavy atom. The molecule has 0 unspecified atom stereocenters. The molecule has 1 amide bonds. The highest BCUT2D eigenvalue weighted by Gasteiger charge is 2.40. The molecule has 6 rings (SSSR count). The number of rotatable bonds is 7. The molecule has 0 radical (unpaired) electrons. The van der Waals surface area contributed by atoms with E-state index in [4.69, 9.17) is 4.74 Å². The number of benzene rings is 1. The summed E-state index contributed by atoms with van der Waals surface area (Å²) in [7, 11) is 0. The highest BCUT2D eigenvalue weighted by atomic mass is 16.5. The van der Waals surface area contributed by atoms with Crippen molar-refractivity contribution in [1.82, 2.24) is 55.8 Å². The van der Waals surface area contributed by atoms with Gasteiger partial charge in [-0.2, -0.15) is 15.4 Å². The van der Waals surface area contributed by atoms with E-state index < -0.39 is 5.60 Å². The molecule has 1 aromatic carbocycles. The van der Waals surface area contributed by atoms with Crippen LogP contribution in [-0.2, 0) is 10.4 Å². The van der Waals surface area contributed by atoms with Gasteiger partial charge in [-0.25, -0.2) is 4.52 Å². The first kappa shape index (κ1) is 19.9. The van der Waals surface area contributed by atoms with Gasteiger partial charge in [0.2, 0.25) is 29.1 Å². The van der Waals surface area contributed by atoms with Crippen LogP contribution in [0.5, 0.6) is 5.75 Å². The van der Waals surface area contributed by atoms with E-state index in [9.17, 15) is 4.79 Å². The maximum absolute atomic E-state index is 12.1. The number of ether oxygens (including phenoxy) is 1. The van der Waals surface area contributed by atoms with Gasteiger partial charge >= 0.3 is 0 Å². The summed E-state index contributed by atoms with van der Waals surface area (Å²) in [6.45, 7) is 1.73. The van der Waals surface area contributed by atoms with Crippen LogP contribution in [0.2, 0.25) is 0 Å². The summed E-state index contributed by atoms with van der Waals surface area (Å²) < 4.78 is 7.89. The van der Waals surface area contributed by atoms with Crippen LogP contribution in [0.25, 0.3) is 16.9 Å². The van der Waals surface area contributed by atoms with E-state index in [0.29, 0.717) is 17.3 Å². The molecule has 4 aromatic heterocycles. The maximum Gasteiger partial charge on any atom is 0.249 e. The van der Waals surface area contributed by atoms with Crippen molar-refractivity contribution in [2.75, 3.05) is 5.32 Å². The van der Waals surface area contributed by atoms with Crippen molar-refractivity contribution < 1.29 is 9.53 Å². The van der Waals surface area contributed by atoms with Crippen LogP contribution in [0.4, 0.5) is 5.95 Å². The highest BCUT2D eigenvalue weighted by Crippen LogP contribution is 2.32. The van der Waals surface area contributed by atoms with Crippen LogP contribution in [0.3, 0.4) is 0 Å². The van der Waals surface area contributed by atoms with Crippen LogP contribution in [0.15, 0.2) is 42.5 Å². The lowest BCUT2D eigenvalue weighted by Crippen LogP contribution is -2.34. The second kappa shape index (κ2) is 7.68. The second-order valence-electron chi connectivity index (χ2n) is 8.01. The minimum Gasteiger partial charge on any atom is -0.471 e. The van der Waals surface area contributed by atoms with Gasteiger partial charge < -0.3 is 4.74 Å². The molecular weight excluding hydrogens is 440 g/mol. The van der Waals surface area contributed by atoms with E-state index in [1.165, 1.54) is 0 Å². The molecule has 14 nitrogen and oxygen atoms in total. The Balaban J connectivity index is 1.29. The zero-order valence-corrected chi connectivity index (χ0v) is 17.9. The van der Waals surface area contributed by atoms with Gasteiger partial charge in [-0.15, -0.1) is 25.5 Å². The fourth-order valence-corrected chi connectivity index (χ4v) is 3.58. The molecule has 1 aliphatic carbocycles. The molecule has 34 heavy (non-hydrogen) atoms. The molecular formula is C20H18N12O2. The third-order valence-electron chi connectivity index (χ3n) is 5.56. The van der Waals surface area contributed by atoms with Crippen molar-refractivity contribution in [3.8, 4) is 17.0 Å². The van der Waals surface area contributed by atoms with Gasteiger partial charge in [-0.3, -0.25) is 10.1 Å². The van der Waals surface area contributed by atoms with Gasteiger partial charge in [0.25, 0.3) is 0 Å². The SMILES string of the molecule is CC(Oc1ccc(-c2cccc3nc(NC(=O)C4CC4)nn23)cc1)(c1nn[nH]n1)c1nn[nH]n1. The molecule has 3 N–H and O–H groups in total. The molecule has 4 heterocycles. The topological polar surface area (TPSA) is 177 Å². The summed E-state index contributed by atoms with van der Waals surface area (Å²) in [5, 5.41) is 35.5. The number of anilines is 1. The summed E-state index contributed by atoms with van der Waals surface area (Å²) in [6.07, 6.45) is 1.83. The van der Waals surface area contributed by atoms with E-state index in [1.807, 2.05) is 30.3 Å². The van der Waals surface area contributed by atoms with Crippen molar-refractivity contribution >= 4 is 17.5 Å². The number of amides is 1. The van der Waals surface area contributed by atoms with Gasteiger partial charge in [0, 0.05) is 11.5 Å². The van der Waals surface area contributed by atoms with E-state index in [2.05, 4.69) is 56.6 Å². The molecule has 0 aliphatic heterocycles. The predicted octanol–water partition coefficient (Wildman–Crippen LogP) is 1.11. The standard InChI is InChI=1S/C20H18N12O2/c1-20(17-23-28-29-24-17,18-25-30-31-26-18)34-13-9-7-11(8-10-13)14-3-2-4-15-21-19(27-32(14)15)22-16(33)12-5-6-12/h2-4,7-10,12H,5-6H2,1H3,(H,22,27,33)(H,23,24,28,29)(H,25,26,30,31). The quantitative estimate of drug-likeness (QED) is 0.320. The van der Waals surface area contributed by atoms with Crippen LogP contribution >= 0.6 is 0 Å². The number of carbonyl (C=O) groups is 1. The van der Waals surface area contributed by atoms with Gasteiger partial charge in [0.05, 0.1) is 5.69 Å². The number of aromatic nitrogens is 11. The van der Waals surface area contributed by atoms with Crippen molar-refractivity contribution in [2.24, 2.45) is 5.92 Å². The lowest BCUT2D eigenvalue weighted by Gasteiger charge is -2.24. The van der Waals surface area contributed by atoms with Gasteiger partial charge in [-0.05, 0) is 66.6 Å². The first-order valence-corrected chi connectivity index (χ1v) is 10.5. The Labute approximate surface area is 191 Å². The average molecular weight is 458 g/mol. The Kier molecular flexibility index (Phi) is 4.50. The first-order valence-electron chi connectivity index (χ1n) is 10.5. The van der Waals surface area contributed by atoms with Crippen molar-refractivity contribution in [3.63, 3.8) is 0 Å². The summed E-state index contributed by atoms with van der Waals surface area (Å²) in [4.78, 5) is 16.5. The molecule has 0 spiro atoms. The van der Waals surface area contributed by atoms with E-state index in [1.54, 1.807) is 23.6 Å². The molecule has 1 aliphatic rings. The number of nitrogens with zero attached hydrogens (tertiary/aromatic N) is 9. The number of fused-ring (bicyclic) bond motifs is 1. The maximum atomic E-state index is 12.1. The third kappa shape index (κ3) is 3.50. The predicted molar refractivity (Wildman–Crippen MR) is 115 cm³/mol. The fourth-order valence-electron chi connectivity index (χ4n) is 3.58. The van der Waals surface area contributed by atoms with Crippen LogP contribution in [0.1, 0.15) is 31.4 Å². The number of aromatic amines is 2. The number of carbonyl (C=O) groups excluding carboxylic acids is 1. The Morgan fingerprint density at radius 1 is 1.06 bits per heavy atom.